The second-order valence-electron chi connectivity index (χ2n) is 2.71. The van der Waals surface area contributed by atoms with E-state index in [2.05, 4.69) is 9.97 Å². The summed E-state index contributed by atoms with van der Waals surface area (Å²) in [5, 5.41) is 1.59. The van der Waals surface area contributed by atoms with Crippen molar-refractivity contribution in [2.75, 3.05) is 0 Å². The second kappa shape index (κ2) is 4.07. The van der Waals surface area contributed by atoms with Gasteiger partial charge < -0.3 is 0 Å². The number of hydrogen-bond donors (Lipinski definition) is 0. The molecule has 14 heavy (non-hydrogen) atoms. The van der Waals surface area contributed by atoms with Crippen LogP contribution in [0.2, 0.25) is 0 Å². The summed E-state index contributed by atoms with van der Waals surface area (Å²) >= 11 is 0. The van der Waals surface area contributed by atoms with Gasteiger partial charge in [-0.25, -0.2) is 0 Å². The zero-order valence-corrected chi connectivity index (χ0v) is 8.26. The Bertz CT molecular complexity index is 389. The fraction of sp³-hybridized carbons (Fsp3) is 0. The first kappa shape index (κ1) is 8.97. The Hall–Kier alpha value is -1.60. The zero-order valence-electron chi connectivity index (χ0n) is 7.37. The van der Waals surface area contributed by atoms with E-state index in [9.17, 15) is 4.57 Å². The van der Waals surface area contributed by atoms with Gasteiger partial charge in [-0.05, 0) is 0 Å². The van der Waals surface area contributed by atoms with Crippen LogP contribution >= 0.6 is 7.80 Å². The summed E-state index contributed by atoms with van der Waals surface area (Å²) in [5.74, 6) is 0. The van der Waals surface area contributed by atoms with E-state index in [4.69, 9.17) is 0 Å². The largest absolute Gasteiger partial charge is 0.415 e. The lowest BCUT2D eigenvalue weighted by atomic mass is 10.5. The maximum atomic E-state index is 11.9. The smallest absolute Gasteiger partial charge is 0.264 e. The molecule has 0 saturated carbocycles. The van der Waals surface area contributed by atoms with Crippen molar-refractivity contribution in [3.05, 3.63) is 49.1 Å². The van der Waals surface area contributed by atoms with Crippen LogP contribution in [0.25, 0.3) is 0 Å². The molecule has 3 nitrogen and oxygen atoms in total. The number of nitrogens with zero attached hydrogens (tertiary/aromatic N) is 2. The van der Waals surface area contributed by atoms with Gasteiger partial charge in [0, 0.05) is 49.1 Å². The maximum absolute atomic E-state index is 11.9. The SMILES string of the molecule is O=[P+](c1ccncc1)c1ccncc1. The van der Waals surface area contributed by atoms with Gasteiger partial charge in [-0.15, -0.1) is 0 Å². The van der Waals surface area contributed by atoms with Crippen molar-refractivity contribution in [1.82, 2.24) is 9.97 Å². The maximum Gasteiger partial charge on any atom is 0.415 e. The quantitative estimate of drug-likeness (QED) is 0.690. The van der Waals surface area contributed by atoms with Crippen molar-refractivity contribution >= 4 is 18.4 Å². The lowest BCUT2D eigenvalue weighted by molar-refractivity contribution is 0.598. The topological polar surface area (TPSA) is 42.9 Å². The van der Waals surface area contributed by atoms with Crippen LogP contribution in [0.5, 0.6) is 0 Å². The van der Waals surface area contributed by atoms with Crippen molar-refractivity contribution in [2.24, 2.45) is 0 Å². The molecular weight excluding hydrogens is 195 g/mol. The first-order valence-corrected chi connectivity index (χ1v) is 5.41. The van der Waals surface area contributed by atoms with E-state index in [1.54, 1.807) is 49.1 Å². The van der Waals surface area contributed by atoms with Crippen LogP contribution in [0.15, 0.2) is 49.1 Å². The van der Waals surface area contributed by atoms with Gasteiger partial charge in [0.1, 0.15) is 0 Å². The highest BCUT2D eigenvalue weighted by Gasteiger charge is 2.22. The van der Waals surface area contributed by atoms with Gasteiger partial charge >= 0.3 is 7.80 Å². The molecule has 4 heteroatoms. The van der Waals surface area contributed by atoms with E-state index in [1.807, 2.05) is 0 Å². The van der Waals surface area contributed by atoms with E-state index in [-0.39, 0.29) is 0 Å². The Morgan fingerprint density at radius 2 is 1.14 bits per heavy atom. The van der Waals surface area contributed by atoms with E-state index in [0.717, 1.165) is 10.6 Å². The fourth-order valence-electron chi connectivity index (χ4n) is 1.11. The minimum Gasteiger partial charge on any atom is -0.264 e. The van der Waals surface area contributed by atoms with Gasteiger partial charge in [-0.2, -0.15) is 0 Å². The van der Waals surface area contributed by atoms with Crippen molar-refractivity contribution in [3.8, 4) is 0 Å². The number of hydrogen-bond acceptors (Lipinski definition) is 3. The molecule has 0 atom stereocenters. The van der Waals surface area contributed by atoms with E-state index in [1.165, 1.54) is 0 Å². The van der Waals surface area contributed by atoms with Crippen LogP contribution in [0, 0.1) is 0 Å². The summed E-state index contributed by atoms with van der Waals surface area (Å²) in [6.07, 6.45) is 6.57. The van der Waals surface area contributed by atoms with Crippen LogP contribution in [0.3, 0.4) is 0 Å². The zero-order chi connectivity index (χ0) is 9.80. The van der Waals surface area contributed by atoms with Gasteiger partial charge in [-0.3, -0.25) is 9.97 Å². The Kier molecular flexibility index (Phi) is 2.61. The van der Waals surface area contributed by atoms with Crippen LogP contribution < -0.4 is 10.6 Å². The van der Waals surface area contributed by atoms with E-state index in [0.29, 0.717) is 0 Å². The molecule has 0 saturated heterocycles. The molecule has 0 aliphatic carbocycles. The molecule has 68 valence electrons. The Labute approximate surface area is 82.6 Å². The van der Waals surface area contributed by atoms with Crippen LogP contribution in [0.1, 0.15) is 0 Å². The third-order valence-corrected chi connectivity index (χ3v) is 3.33. The predicted molar refractivity (Wildman–Crippen MR) is 55.3 cm³/mol. The minimum atomic E-state index is -1.50. The fourth-order valence-corrected chi connectivity index (χ4v) is 2.21. The van der Waals surface area contributed by atoms with Gasteiger partial charge in [-0.1, -0.05) is 4.57 Å². The summed E-state index contributed by atoms with van der Waals surface area (Å²) < 4.78 is 11.9. The Morgan fingerprint density at radius 3 is 1.50 bits per heavy atom. The summed E-state index contributed by atoms with van der Waals surface area (Å²) in [7, 11) is -1.50. The molecule has 2 rings (SSSR count). The number of pyridine rings is 2. The molecule has 0 amide bonds. The first-order valence-electron chi connectivity index (χ1n) is 4.15. The van der Waals surface area contributed by atoms with Gasteiger partial charge in [0.25, 0.3) is 0 Å². The second-order valence-corrected chi connectivity index (χ2v) is 4.33. The van der Waals surface area contributed by atoms with Crippen molar-refractivity contribution in [3.63, 3.8) is 0 Å². The molecule has 0 aliphatic rings. The van der Waals surface area contributed by atoms with E-state index < -0.39 is 7.80 Å². The van der Waals surface area contributed by atoms with Crippen LogP contribution in [-0.4, -0.2) is 9.97 Å². The normalized spacial score (nSPS) is 9.71. The average Bonchev–Trinajstić information content (AvgIpc) is 2.30. The molecule has 0 fully saturated rings. The highest BCUT2D eigenvalue weighted by Crippen LogP contribution is 2.17. The molecule has 0 unspecified atom stereocenters. The van der Waals surface area contributed by atoms with Crippen LogP contribution in [-0.2, 0) is 4.57 Å². The molecule has 0 aromatic carbocycles. The lowest BCUT2D eigenvalue weighted by Gasteiger charge is -1.86. The third kappa shape index (κ3) is 1.83. The highest BCUT2D eigenvalue weighted by atomic mass is 31.1. The van der Waals surface area contributed by atoms with Crippen molar-refractivity contribution < 1.29 is 4.57 Å². The molecule has 0 spiro atoms. The highest BCUT2D eigenvalue weighted by molar-refractivity contribution is 7.61. The molecule has 0 N–H and O–H groups in total. The van der Waals surface area contributed by atoms with Crippen molar-refractivity contribution in [1.29, 1.82) is 0 Å². The van der Waals surface area contributed by atoms with Crippen molar-refractivity contribution in [2.45, 2.75) is 0 Å². The predicted octanol–water partition coefficient (Wildman–Crippen LogP) is 1.25. The number of aromatic nitrogens is 2. The summed E-state index contributed by atoms with van der Waals surface area (Å²) in [4.78, 5) is 7.76. The first-order chi connectivity index (χ1) is 6.88. The molecule has 0 aliphatic heterocycles. The Balaban J connectivity index is 2.35. The standard InChI is InChI=1S/C10H8N2OP/c13-14(9-1-5-11-6-2-9)10-3-7-12-8-4-10/h1-8H/q+1. The molecule has 2 aromatic rings. The molecule has 2 heterocycles. The molecule has 2 aromatic heterocycles. The molecular formula is C10H8N2OP+. The monoisotopic (exact) mass is 203 g/mol. The summed E-state index contributed by atoms with van der Waals surface area (Å²) in [6.45, 7) is 0. The third-order valence-electron chi connectivity index (χ3n) is 1.79. The average molecular weight is 203 g/mol. The summed E-state index contributed by atoms with van der Waals surface area (Å²) in [6, 6.07) is 7.05. The minimum absolute atomic E-state index is 0.793. The molecule has 0 bridgehead atoms. The van der Waals surface area contributed by atoms with Gasteiger partial charge in [0.15, 0.2) is 10.6 Å². The Morgan fingerprint density at radius 1 is 0.786 bits per heavy atom. The summed E-state index contributed by atoms with van der Waals surface area (Å²) in [5.41, 5.74) is 0. The van der Waals surface area contributed by atoms with E-state index >= 15 is 0 Å². The van der Waals surface area contributed by atoms with Crippen LogP contribution in [0.4, 0.5) is 0 Å². The van der Waals surface area contributed by atoms with Gasteiger partial charge in [0.05, 0.1) is 0 Å². The lowest BCUT2D eigenvalue weighted by Crippen LogP contribution is -2.06. The number of rotatable bonds is 2. The molecule has 0 radical (unpaired) electrons. The van der Waals surface area contributed by atoms with Gasteiger partial charge in [0.2, 0.25) is 0 Å².